The number of aromatic nitrogens is 1. The Morgan fingerprint density at radius 1 is 1.21 bits per heavy atom. The molecule has 0 spiro atoms. The lowest BCUT2D eigenvalue weighted by Gasteiger charge is -2.26. The van der Waals surface area contributed by atoms with E-state index in [4.69, 9.17) is 10.1 Å². The number of hydrogen-bond acceptors (Lipinski definition) is 5. The number of nitrogens with zero attached hydrogens (tertiary/aromatic N) is 1. The third kappa shape index (κ3) is 4.81. The van der Waals surface area contributed by atoms with Gasteiger partial charge in [-0.25, -0.2) is 4.98 Å². The number of benzene rings is 1. The predicted molar refractivity (Wildman–Crippen MR) is 119 cm³/mol. The van der Waals surface area contributed by atoms with Gasteiger partial charge in [-0.2, -0.15) is 0 Å². The van der Waals surface area contributed by atoms with Crippen molar-refractivity contribution in [2.45, 2.75) is 57.3 Å². The van der Waals surface area contributed by atoms with Crippen molar-refractivity contribution in [3.63, 3.8) is 0 Å². The Kier molecular flexibility index (Phi) is 6.50. The molecule has 5 nitrogen and oxygen atoms in total. The Morgan fingerprint density at radius 2 is 1.93 bits per heavy atom. The van der Waals surface area contributed by atoms with Gasteiger partial charge in [-0.3, -0.25) is 4.79 Å². The molecule has 2 aromatic rings. The summed E-state index contributed by atoms with van der Waals surface area (Å²) in [5.41, 5.74) is 6.35. The minimum atomic E-state index is -0.673. The van der Waals surface area contributed by atoms with E-state index >= 15 is 0 Å². The quantitative estimate of drug-likeness (QED) is 0.641. The zero-order chi connectivity index (χ0) is 20.2. The highest BCUT2D eigenvalue weighted by molar-refractivity contribution is 7.10. The highest BCUT2D eigenvalue weighted by atomic mass is 32.1. The van der Waals surface area contributed by atoms with Crippen LogP contribution in [0.4, 0.5) is 5.69 Å². The molecule has 29 heavy (non-hydrogen) atoms. The van der Waals surface area contributed by atoms with Crippen LogP contribution in [0.3, 0.4) is 0 Å². The number of thiazole rings is 1. The highest BCUT2D eigenvalue weighted by Gasteiger charge is 2.25. The van der Waals surface area contributed by atoms with Gasteiger partial charge in [-0.05, 0) is 87.2 Å². The van der Waals surface area contributed by atoms with Crippen LogP contribution in [0.2, 0.25) is 0 Å². The number of aliphatic carboxylic acids is 1. The van der Waals surface area contributed by atoms with Crippen LogP contribution in [0.5, 0.6) is 0 Å². The van der Waals surface area contributed by atoms with E-state index in [0.29, 0.717) is 18.3 Å². The van der Waals surface area contributed by atoms with E-state index in [-0.39, 0.29) is 0 Å². The standard InChI is InChI=1S/C23H31N3O2S/c1-24-20-13-18-9-11-25-10-8-17(18)12-19(20)21-14-29-23(26-21)16-5-2-15(3-6-16)4-7-22(27)28/h12-16,24-25H,2-11H2,1H3,(H,27,28)/t15-,16-. The zero-order valence-electron chi connectivity index (χ0n) is 17.2. The third-order valence-electron chi connectivity index (χ3n) is 6.51. The lowest BCUT2D eigenvalue weighted by molar-refractivity contribution is -0.137. The first-order valence-electron chi connectivity index (χ1n) is 10.9. The molecule has 0 atom stereocenters. The fraction of sp³-hybridized carbons (Fsp3) is 0.565. The Balaban J connectivity index is 1.48. The molecule has 1 aromatic heterocycles. The lowest BCUT2D eigenvalue weighted by Crippen LogP contribution is -2.16. The molecular weight excluding hydrogens is 382 g/mol. The van der Waals surface area contributed by atoms with E-state index in [2.05, 4.69) is 28.1 Å². The van der Waals surface area contributed by atoms with Gasteiger partial charge in [0.1, 0.15) is 0 Å². The predicted octanol–water partition coefficient (Wildman–Crippen LogP) is 4.68. The molecule has 0 saturated heterocycles. The van der Waals surface area contributed by atoms with E-state index in [1.54, 1.807) is 11.3 Å². The number of carbonyl (C=O) groups is 1. The van der Waals surface area contributed by atoms with Crippen molar-refractivity contribution in [2.24, 2.45) is 5.92 Å². The topological polar surface area (TPSA) is 74.2 Å². The minimum Gasteiger partial charge on any atom is -0.481 e. The van der Waals surface area contributed by atoms with Gasteiger partial charge >= 0.3 is 5.97 Å². The summed E-state index contributed by atoms with van der Waals surface area (Å²) in [6.07, 6.45) is 7.79. The number of fused-ring (bicyclic) bond motifs is 1. The summed E-state index contributed by atoms with van der Waals surface area (Å²) in [6, 6.07) is 4.65. The molecule has 2 aliphatic rings. The van der Waals surface area contributed by atoms with Crippen molar-refractivity contribution in [1.82, 2.24) is 10.3 Å². The third-order valence-corrected chi connectivity index (χ3v) is 7.52. The van der Waals surface area contributed by atoms with Crippen molar-refractivity contribution in [1.29, 1.82) is 0 Å². The molecule has 1 aliphatic carbocycles. The molecule has 0 unspecified atom stereocenters. The zero-order valence-corrected chi connectivity index (χ0v) is 18.0. The van der Waals surface area contributed by atoms with E-state index in [1.165, 1.54) is 27.4 Å². The van der Waals surface area contributed by atoms with Crippen LogP contribution in [-0.2, 0) is 17.6 Å². The van der Waals surface area contributed by atoms with E-state index < -0.39 is 5.97 Å². The largest absolute Gasteiger partial charge is 0.481 e. The van der Waals surface area contributed by atoms with Crippen LogP contribution in [0, 0.1) is 5.92 Å². The normalized spacial score (nSPS) is 22.0. The maximum Gasteiger partial charge on any atom is 0.303 e. The first kappa shape index (κ1) is 20.4. The van der Waals surface area contributed by atoms with Gasteiger partial charge in [0, 0.05) is 36.0 Å². The van der Waals surface area contributed by atoms with Crippen LogP contribution in [-0.4, -0.2) is 36.2 Å². The fourth-order valence-electron chi connectivity index (χ4n) is 4.77. The second-order valence-electron chi connectivity index (χ2n) is 8.39. The van der Waals surface area contributed by atoms with Gasteiger partial charge < -0.3 is 15.7 Å². The Morgan fingerprint density at radius 3 is 2.62 bits per heavy atom. The first-order chi connectivity index (χ1) is 14.1. The van der Waals surface area contributed by atoms with Gasteiger partial charge in [0.2, 0.25) is 0 Å². The summed E-state index contributed by atoms with van der Waals surface area (Å²) in [4.78, 5) is 15.9. The minimum absolute atomic E-state index is 0.303. The molecule has 0 radical (unpaired) electrons. The van der Waals surface area contributed by atoms with Gasteiger partial charge in [0.05, 0.1) is 10.7 Å². The number of hydrogen-bond donors (Lipinski definition) is 3. The lowest BCUT2D eigenvalue weighted by atomic mass is 9.80. The van der Waals surface area contributed by atoms with E-state index in [1.807, 2.05) is 7.05 Å². The highest BCUT2D eigenvalue weighted by Crippen LogP contribution is 2.40. The molecule has 1 fully saturated rings. The van der Waals surface area contributed by atoms with Gasteiger partial charge in [-0.15, -0.1) is 11.3 Å². The average molecular weight is 414 g/mol. The summed E-state index contributed by atoms with van der Waals surface area (Å²) >= 11 is 1.79. The molecule has 1 aliphatic heterocycles. The summed E-state index contributed by atoms with van der Waals surface area (Å²) in [5.74, 6) is 0.419. The molecule has 2 heterocycles. The maximum absolute atomic E-state index is 10.8. The van der Waals surface area contributed by atoms with Crippen LogP contribution in [0.25, 0.3) is 11.3 Å². The smallest absolute Gasteiger partial charge is 0.303 e. The molecule has 0 amide bonds. The Bertz CT molecular complexity index is 856. The maximum atomic E-state index is 10.8. The number of carboxylic acids is 1. The first-order valence-corrected chi connectivity index (χ1v) is 11.7. The molecular formula is C23H31N3O2S. The van der Waals surface area contributed by atoms with Crippen molar-refractivity contribution in [3.05, 3.63) is 33.6 Å². The second kappa shape index (κ2) is 9.26. The van der Waals surface area contributed by atoms with Crippen molar-refractivity contribution < 1.29 is 9.90 Å². The Labute approximate surface area is 177 Å². The van der Waals surface area contributed by atoms with Gasteiger partial charge in [0.15, 0.2) is 0 Å². The van der Waals surface area contributed by atoms with E-state index in [0.717, 1.165) is 63.7 Å². The number of carboxylic acid groups (broad SMARTS) is 1. The van der Waals surface area contributed by atoms with Crippen LogP contribution >= 0.6 is 11.3 Å². The van der Waals surface area contributed by atoms with Crippen LogP contribution in [0.1, 0.15) is 60.6 Å². The summed E-state index contributed by atoms with van der Waals surface area (Å²) < 4.78 is 0. The summed E-state index contributed by atoms with van der Waals surface area (Å²) in [6.45, 7) is 2.09. The molecule has 1 saturated carbocycles. The van der Waals surface area contributed by atoms with Crippen LogP contribution < -0.4 is 10.6 Å². The molecule has 156 valence electrons. The number of nitrogens with one attached hydrogen (secondary N) is 2. The molecule has 3 N–H and O–H groups in total. The number of rotatable bonds is 6. The SMILES string of the molecule is CNc1cc2c(cc1-c1csc([C@H]3CC[C@H](CCC(=O)O)CC3)n1)CCNCC2. The van der Waals surface area contributed by atoms with Crippen molar-refractivity contribution >= 4 is 23.0 Å². The van der Waals surface area contributed by atoms with Crippen molar-refractivity contribution in [3.8, 4) is 11.3 Å². The van der Waals surface area contributed by atoms with Crippen LogP contribution in [0.15, 0.2) is 17.5 Å². The number of anilines is 1. The molecule has 0 bridgehead atoms. The molecule has 1 aromatic carbocycles. The van der Waals surface area contributed by atoms with E-state index in [9.17, 15) is 4.79 Å². The summed E-state index contributed by atoms with van der Waals surface area (Å²) in [5, 5.41) is 19.2. The van der Waals surface area contributed by atoms with Gasteiger partial charge in [-0.1, -0.05) is 0 Å². The summed E-state index contributed by atoms with van der Waals surface area (Å²) in [7, 11) is 1.99. The Hall–Kier alpha value is -1.92. The second-order valence-corrected chi connectivity index (χ2v) is 9.28. The molecule has 4 rings (SSSR count). The molecule has 6 heteroatoms. The average Bonchev–Trinajstić information content (AvgIpc) is 3.11. The monoisotopic (exact) mass is 413 g/mol. The van der Waals surface area contributed by atoms with Gasteiger partial charge in [0.25, 0.3) is 0 Å². The van der Waals surface area contributed by atoms with Crippen molar-refractivity contribution in [2.75, 3.05) is 25.5 Å². The fourth-order valence-corrected chi connectivity index (χ4v) is 5.76.